The molecule has 0 fully saturated rings. The fraction of sp³-hybridized carbons (Fsp3) is 0.391. The van der Waals surface area contributed by atoms with E-state index in [1.165, 1.54) is 11.9 Å². The van der Waals surface area contributed by atoms with E-state index in [-0.39, 0.29) is 12.5 Å². The molecule has 7 nitrogen and oxygen atoms in total. The van der Waals surface area contributed by atoms with Crippen molar-refractivity contribution in [3.63, 3.8) is 0 Å². The summed E-state index contributed by atoms with van der Waals surface area (Å²) in [6.07, 6.45) is 1.08. The van der Waals surface area contributed by atoms with Gasteiger partial charge in [0.2, 0.25) is 21.8 Å². The third-order valence-electron chi connectivity index (χ3n) is 5.37. The lowest BCUT2D eigenvalue weighted by molar-refractivity contribution is -0.139. The molecule has 1 atom stereocenters. The first-order chi connectivity index (χ1) is 14.5. The van der Waals surface area contributed by atoms with Gasteiger partial charge < -0.3 is 10.2 Å². The Morgan fingerprint density at radius 1 is 1.06 bits per heavy atom. The van der Waals surface area contributed by atoms with E-state index in [0.29, 0.717) is 5.69 Å². The summed E-state index contributed by atoms with van der Waals surface area (Å²) in [5, 5.41) is 2.56. The zero-order chi connectivity index (χ0) is 23.3. The molecule has 8 heteroatoms. The number of aryl methyl sites for hydroxylation is 2. The van der Waals surface area contributed by atoms with Crippen molar-refractivity contribution in [2.24, 2.45) is 0 Å². The average Bonchev–Trinajstić information content (AvgIpc) is 2.70. The van der Waals surface area contributed by atoms with E-state index in [2.05, 4.69) is 5.32 Å². The van der Waals surface area contributed by atoms with Crippen molar-refractivity contribution in [1.29, 1.82) is 0 Å². The predicted octanol–water partition coefficient (Wildman–Crippen LogP) is 2.54. The van der Waals surface area contributed by atoms with Crippen LogP contribution in [0.15, 0.2) is 42.5 Å². The third kappa shape index (κ3) is 6.07. The molecule has 168 valence electrons. The van der Waals surface area contributed by atoms with Gasteiger partial charge in [-0.25, -0.2) is 8.42 Å². The molecule has 2 rings (SSSR count). The number of benzene rings is 2. The number of carbonyl (C=O) groups excluding carboxylic acids is 2. The minimum absolute atomic E-state index is 0.194. The van der Waals surface area contributed by atoms with Gasteiger partial charge >= 0.3 is 0 Å². The highest BCUT2D eigenvalue weighted by Gasteiger charge is 2.30. The number of nitrogens with zero attached hydrogens (tertiary/aromatic N) is 2. The molecular formula is C23H31N3O4S. The van der Waals surface area contributed by atoms with Crippen molar-refractivity contribution < 1.29 is 18.0 Å². The Hall–Kier alpha value is -2.87. The molecule has 2 aromatic rings. The maximum Gasteiger partial charge on any atom is 0.244 e. The molecule has 1 unspecified atom stereocenters. The van der Waals surface area contributed by atoms with E-state index in [1.807, 2.05) is 51.1 Å². The normalized spacial score (nSPS) is 12.2. The molecule has 0 heterocycles. The van der Waals surface area contributed by atoms with Crippen molar-refractivity contribution in [2.45, 2.75) is 40.3 Å². The van der Waals surface area contributed by atoms with Crippen LogP contribution in [0.1, 0.15) is 29.2 Å². The Labute approximate surface area is 185 Å². The number of anilines is 1. The molecule has 0 spiro atoms. The second-order valence-electron chi connectivity index (χ2n) is 7.79. The summed E-state index contributed by atoms with van der Waals surface area (Å²) >= 11 is 0. The fourth-order valence-electron chi connectivity index (χ4n) is 3.40. The van der Waals surface area contributed by atoms with Gasteiger partial charge in [0.1, 0.15) is 12.6 Å². The van der Waals surface area contributed by atoms with E-state index in [0.717, 1.165) is 32.8 Å². The first kappa shape index (κ1) is 24.4. The first-order valence-electron chi connectivity index (χ1n) is 10.1. The second-order valence-corrected chi connectivity index (χ2v) is 9.70. The Kier molecular flexibility index (Phi) is 7.84. The maximum absolute atomic E-state index is 13.4. The quantitative estimate of drug-likeness (QED) is 0.677. The van der Waals surface area contributed by atoms with Crippen LogP contribution in [0, 0.1) is 20.8 Å². The number of sulfonamides is 1. The highest BCUT2D eigenvalue weighted by Crippen LogP contribution is 2.25. The Morgan fingerprint density at radius 2 is 1.71 bits per heavy atom. The molecule has 0 radical (unpaired) electrons. The van der Waals surface area contributed by atoms with E-state index in [4.69, 9.17) is 0 Å². The van der Waals surface area contributed by atoms with Crippen LogP contribution in [0.5, 0.6) is 0 Å². The topological polar surface area (TPSA) is 86.8 Å². The lowest BCUT2D eigenvalue weighted by atomic mass is 10.1. The van der Waals surface area contributed by atoms with Crippen LogP contribution in [0.4, 0.5) is 5.69 Å². The summed E-state index contributed by atoms with van der Waals surface area (Å²) in [5.74, 6) is -0.775. The number of hydrogen-bond donors (Lipinski definition) is 1. The molecular weight excluding hydrogens is 414 g/mol. The predicted molar refractivity (Wildman–Crippen MR) is 123 cm³/mol. The molecule has 0 saturated carbocycles. The highest BCUT2D eigenvalue weighted by molar-refractivity contribution is 7.92. The summed E-state index contributed by atoms with van der Waals surface area (Å²) in [5.41, 5.74) is 4.06. The van der Waals surface area contributed by atoms with Crippen LogP contribution >= 0.6 is 0 Å². The summed E-state index contributed by atoms with van der Waals surface area (Å²) < 4.78 is 26.3. The van der Waals surface area contributed by atoms with Gasteiger partial charge in [-0.2, -0.15) is 0 Å². The van der Waals surface area contributed by atoms with E-state index >= 15 is 0 Å². The first-order valence-corrected chi connectivity index (χ1v) is 11.9. The molecule has 31 heavy (non-hydrogen) atoms. The zero-order valence-corrected chi connectivity index (χ0v) is 19.8. The zero-order valence-electron chi connectivity index (χ0n) is 19.0. The Balaban J connectivity index is 2.43. The van der Waals surface area contributed by atoms with Crippen LogP contribution in [0.2, 0.25) is 0 Å². The van der Waals surface area contributed by atoms with Gasteiger partial charge in [0, 0.05) is 13.6 Å². The standard InChI is InChI=1S/C23H31N3O4S/c1-16-9-7-11-20(13-16)14-25(19(4)23(28)24-5)22(27)15-26(31(6,29)30)21-12-8-10-17(2)18(21)3/h7-13,19H,14-15H2,1-6H3,(H,24,28). The Morgan fingerprint density at radius 3 is 2.29 bits per heavy atom. The molecule has 2 aromatic carbocycles. The fourth-order valence-corrected chi connectivity index (χ4v) is 4.30. The number of carbonyl (C=O) groups is 2. The van der Waals surface area contributed by atoms with E-state index in [1.54, 1.807) is 19.1 Å². The van der Waals surface area contributed by atoms with Crippen molar-refractivity contribution in [3.05, 3.63) is 64.7 Å². The summed E-state index contributed by atoms with van der Waals surface area (Å²) in [4.78, 5) is 27.1. The number of nitrogens with one attached hydrogen (secondary N) is 1. The molecule has 0 aliphatic carbocycles. The van der Waals surface area contributed by atoms with Crippen LogP contribution in [-0.4, -0.2) is 51.0 Å². The average molecular weight is 446 g/mol. The Bertz CT molecular complexity index is 1070. The van der Waals surface area contributed by atoms with Gasteiger partial charge in [0.15, 0.2) is 0 Å². The van der Waals surface area contributed by atoms with Crippen molar-refractivity contribution in [1.82, 2.24) is 10.2 Å². The minimum atomic E-state index is -3.73. The SMILES string of the molecule is CNC(=O)C(C)N(Cc1cccc(C)c1)C(=O)CN(c1cccc(C)c1C)S(C)(=O)=O. The number of amides is 2. The molecule has 0 aliphatic heterocycles. The lowest BCUT2D eigenvalue weighted by Crippen LogP contribution is -2.50. The van der Waals surface area contributed by atoms with Gasteiger partial charge in [-0.05, 0) is 50.5 Å². The molecule has 0 aliphatic rings. The minimum Gasteiger partial charge on any atom is -0.357 e. The largest absolute Gasteiger partial charge is 0.357 e. The maximum atomic E-state index is 13.4. The number of likely N-dealkylation sites (N-methyl/N-ethyl adjacent to an activating group) is 1. The third-order valence-corrected chi connectivity index (χ3v) is 6.50. The lowest BCUT2D eigenvalue weighted by Gasteiger charge is -2.32. The molecule has 0 aromatic heterocycles. The second kappa shape index (κ2) is 9.96. The number of rotatable bonds is 8. The van der Waals surface area contributed by atoms with Crippen LogP contribution in [0.3, 0.4) is 0 Å². The summed E-state index contributed by atoms with van der Waals surface area (Å²) in [7, 11) is -2.22. The van der Waals surface area contributed by atoms with Gasteiger partial charge in [-0.3, -0.25) is 13.9 Å². The summed E-state index contributed by atoms with van der Waals surface area (Å²) in [6, 6.07) is 12.2. The van der Waals surface area contributed by atoms with E-state index < -0.39 is 28.5 Å². The smallest absolute Gasteiger partial charge is 0.244 e. The molecule has 0 saturated heterocycles. The van der Waals surface area contributed by atoms with Gasteiger partial charge in [-0.15, -0.1) is 0 Å². The monoisotopic (exact) mass is 445 g/mol. The highest BCUT2D eigenvalue weighted by atomic mass is 32.2. The van der Waals surface area contributed by atoms with Gasteiger partial charge in [0.05, 0.1) is 11.9 Å². The van der Waals surface area contributed by atoms with Crippen LogP contribution in [0.25, 0.3) is 0 Å². The number of hydrogen-bond acceptors (Lipinski definition) is 4. The molecule has 2 amide bonds. The molecule has 1 N–H and O–H groups in total. The molecule has 0 bridgehead atoms. The van der Waals surface area contributed by atoms with Crippen molar-refractivity contribution in [3.8, 4) is 0 Å². The van der Waals surface area contributed by atoms with Crippen LogP contribution in [-0.2, 0) is 26.2 Å². The van der Waals surface area contributed by atoms with Crippen LogP contribution < -0.4 is 9.62 Å². The van der Waals surface area contributed by atoms with Gasteiger partial charge in [-0.1, -0.05) is 42.0 Å². The van der Waals surface area contributed by atoms with Gasteiger partial charge in [0.25, 0.3) is 0 Å². The van der Waals surface area contributed by atoms with Crippen molar-refractivity contribution >= 4 is 27.5 Å². The summed E-state index contributed by atoms with van der Waals surface area (Å²) in [6.45, 7) is 7.10. The van der Waals surface area contributed by atoms with E-state index in [9.17, 15) is 18.0 Å². The van der Waals surface area contributed by atoms with Crippen molar-refractivity contribution in [2.75, 3.05) is 24.2 Å².